The second-order valence-corrected chi connectivity index (χ2v) is 6.43. The number of amides is 1. The third kappa shape index (κ3) is 3.29. The van der Waals surface area contributed by atoms with Gasteiger partial charge in [0.05, 0.1) is 6.54 Å². The molecule has 0 radical (unpaired) electrons. The Bertz CT molecular complexity index is 309. The second-order valence-electron chi connectivity index (χ2n) is 6.43. The van der Waals surface area contributed by atoms with Gasteiger partial charge in [0.15, 0.2) is 0 Å². The summed E-state index contributed by atoms with van der Waals surface area (Å²) in [5.74, 6) is 1.13. The molecule has 108 valence electrons. The van der Waals surface area contributed by atoms with Crippen LogP contribution in [0.15, 0.2) is 0 Å². The molecule has 2 unspecified atom stereocenters. The van der Waals surface area contributed by atoms with E-state index in [4.69, 9.17) is 0 Å². The molecular weight excluding hydrogens is 238 g/mol. The predicted octanol–water partition coefficient (Wildman–Crippen LogP) is 1.07. The van der Waals surface area contributed by atoms with Crippen molar-refractivity contribution in [1.82, 2.24) is 15.1 Å². The Labute approximate surface area is 116 Å². The molecule has 1 N–H and O–H groups in total. The highest BCUT2D eigenvalue weighted by Gasteiger charge is 2.30. The zero-order valence-electron chi connectivity index (χ0n) is 11.9. The quantitative estimate of drug-likeness (QED) is 0.829. The van der Waals surface area contributed by atoms with E-state index in [1.807, 2.05) is 0 Å². The highest BCUT2D eigenvalue weighted by atomic mass is 16.2. The Kier molecular flexibility index (Phi) is 4.38. The number of hydrogen-bond donors (Lipinski definition) is 1. The maximum Gasteiger partial charge on any atom is 0.236 e. The monoisotopic (exact) mass is 265 g/mol. The maximum atomic E-state index is 12.2. The van der Waals surface area contributed by atoms with E-state index < -0.39 is 0 Å². The number of likely N-dealkylation sites (tertiary alicyclic amines) is 2. The van der Waals surface area contributed by atoms with E-state index >= 15 is 0 Å². The molecule has 3 fully saturated rings. The van der Waals surface area contributed by atoms with Gasteiger partial charge < -0.3 is 10.2 Å². The van der Waals surface area contributed by atoms with Crippen molar-refractivity contribution in [3.8, 4) is 0 Å². The van der Waals surface area contributed by atoms with E-state index in [1.54, 1.807) is 0 Å². The summed E-state index contributed by atoms with van der Waals surface area (Å²) < 4.78 is 0. The summed E-state index contributed by atoms with van der Waals surface area (Å²) in [4.78, 5) is 16.7. The van der Waals surface area contributed by atoms with Gasteiger partial charge in [0.1, 0.15) is 0 Å². The number of carbonyl (C=O) groups excluding carboxylic acids is 1. The van der Waals surface area contributed by atoms with Crippen molar-refractivity contribution in [2.45, 2.75) is 44.6 Å². The van der Waals surface area contributed by atoms with Crippen LogP contribution in [-0.4, -0.2) is 61.0 Å². The molecule has 3 aliphatic heterocycles. The van der Waals surface area contributed by atoms with E-state index in [9.17, 15) is 4.79 Å². The van der Waals surface area contributed by atoms with Crippen LogP contribution in [0.5, 0.6) is 0 Å². The first-order chi connectivity index (χ1) is 9.33. The largest absolute Gasteiger partial charge is 0.342 e. The number of nitrogens with zero attached hydrogens (tertiary/aromatic N) is 2. The summed E-state index contributed by atoms with van der Waals surface area (Å²) in [7, 11) is 0. The van der Waals surface area contributed by atoms with Crippen LogP contribution in [0.4, 0.5) is 0 Å². The maximum absolute atomic E-state index is 12.2. The second kappa shape index (κ2) is 6.23. The molecule has 0 saturated carbocycles. The fraction of sp³-hybridized carbons (Fsp3) is 0.933. The normalized spacial score (nSPS) is 32.9. The number of rotatable bonds is 3. The average Bonchev–Trinajstić information content (AvgIpc) is 3.13. The van der Waals surface area contributed by atoms with Gasteiger partial charge in [-0.2, -0.15) is 0 Å². The highest BCUT2D eigenvalue weighted by molar-refractivity contribution is 5.78. The van der Waals surface area contributed by atoms with Crippen molar-refractivity contribution in [1.29, 1.82) is 0 Å². The number of nitrogens with one attached hydrogen (secondary N) is 1. The zero-order chi connectivity index (χ0) is 13.1. The molecule has 3 saturated heterocycles. The molecule has 0 aromatic carbocycles. The van der Waals surface area contributed by atoms with Gasteiger partial charge in [-0.15, -0.1) is 0 Å². The summed E-state index contributed by atoms with van der Waals surface area (Å²) >= 11 is 0. The molecule has 3 heterocycles. The molecule has 0 aromatic rings. The lowest BCUT2D eigenvalue weighted by molar-refractivity contribution is -0.131. The molecule has 1 amide bonds. The summed E-state index contributed by atoms with van der Waals surface area (Å²) in [6.07, 6.45) is 7.65. The molecule has 2 atom stereocenters. The van der Waals surface area contributed by atoms with Crippen LogP contribution in [0.3, 0.4) is 0 Å². The Balaban J connectivity index is 1.48. The average molecular weight is 265 g/mol. The van der Waals surface area contributed by atoms with Crippen LogP contribution in [0, 0.1) is 5.92 Å². The molecule has 4 nitrogen and oxygen atoms in total. The van der Waals surface area contributed by atoms with Crippen LogP contribution < -0.4 is 5.32 Å². The summed E-state index contributed by atoms with van der Waals surface area (Å²) in [5.41, 5.74) is 0. The van der Waals surface area contributed by atoms with Crippen molar-refractivity contribution in [3.63, 3.8) is 0 Å². The minimum atomic E-state index is 0.359. The van der Waals surface area contributed by atoms with Gasteiger partial charge in [-0.25, -0.2) is 0 Å². The molecule has 19 heavy (non-hydrogen) atoms. The van der Waals surface area contributed by atoms with E-state index in [-0.39, 0.29) is 0 Å². The standard InChI is InChI=1S/C15H27N3O/c19-15(18-9-1-2-10-18)12-17-8-4-5-13(11-17)14-6-3-7-16-14/h13-14,16H,1-12H2. The molecule has 3 aliphatic rings. The minimum Gasteiger partial charge on any atom is -0.342 e. The van der Waals surface area contributed by atoms with Crippen LogP contribution in [0.25, 0.3) is 0 Å². The molecule has 3 rings (SSSR count). The summed E-state index contributed by atoms with van der Waals surface area (Å²) in [5, 5.41) is 3.63. The van der Waals surface area contributed by atoms with Gasteiger partial charge in [-0.3, -0.25) is 9.69 Å². The summed E-state index contributed by atoms with van der Waals surface area (Å²) in [6.45, 7) is 6.05. The molecule has 0 aliphatic carbocycles. The van der Waals surface area contributed by atoms with Crippen molar-refractivity contribution in [2.24, 2.45) is 5.92 Å². The van der Waals surface area contributed by atoms with Gasteiger partial charge in [0, 0.05) is 25.7 Å². The lowest BCUT2D eigenvalue weighted by atomic mass is 9.90. The Morgan fingerprint density at radius 2 is 1.89 bits per heavy atom. The lowest BCUT2D eigenvalue weighted by Crippen LogP contribution is -2.47. The highest BCUT2D eigenvalue weighted by Crippen LogP contribution is 2.24. The first-order valence-corrected chi connectivity index (χ1v) is 8.06. The van der Waals surface area contributed by atoms with E-state index in [1.165, 1.54) is 45.1 Å². The van der Waals surface area contributed by atoms with Crippen molar-refractivity contribution in [3.05, 3.63) is 0 Å². The van der Waals surface area contributed by atoms with Crippen LogP contribution in [-0.2, 0) is 4.79 Å². The minimum absolute atomic E-state index is 0.359. The molecule has 0 aromatic heterocycles. The smallest absolute Gasteiger partial charge is 0.236 e. The first kappa shape index (κ1) is 13.4. The van der Waals surface area contributed by atoms with Gasteiger partial charge in [-0.05, 0) is 57.5 Å². The van der Waals surface area contributed by atoms with Crippen molar-refractivity contribution >= 4 is 5.91 Å². The zero-order valence-corrected chi connectivity index (χ0v) is 11.9. The fourth-order valence-electron chi connectivity index (χ4n) is 3.94. The van der Waals surface area contributed by atoms with Crippen molar-refractivity contribution < 1.29 is 4.79 Å². The van der Waals surface area contributed by atoms with Gasteiger partial charge >= 0.3 is 0 Å². The van der Waals surface area contributed by atoms with E-state index in [0.29, 0.717) is 18.5 Å². The molecule has 4 heteroatoms. The third-order valence-corrected chi connectivity index (χ3v) is 5.03. The van der Waals surface area contributed by atoms with Gasteiger partial charge in [-0.1, -0.05) is 0 Å². The Hall–Kier alpha value is -0.610. The van der Waals surface area contributed by atoms with Gasteiger partial charge in [0.25, 0.3) is 0 Å². The number of hydrogen-bond acceptors (Lipinski definition) is 3. The molecule has 0 bridgehead atoms. The Morgan fingerprint density at radius 1 is 1.05 bits per heavy atom. The van der Waals surface area contributed by atoms with E-state index in [2.05, 4.69) is 15.1 Å². The Morgan fingerprint density at radius 3 is 2.63 bits per heavy atom. The number of carbonyl (C=O) groups is 1. The fourth-order valence-corrected chi connectivity index (χ4v) is 3.94. The van der Waals surface area contributed by atoms with Crippen molar-refractivity contribution in [2.75, 3.05) is 39.3 Å². The van der Waals surface area contributed by atoms with Gasteiger partial charge in [0.2, 0.25) is 5.91 Å². The van der Waals surface area contributed by atoms with E-state index in [0.717, 1.165) is 32.1 Å². The van der Waals surface area contributed by atoms with Crippen LogP contribution >= 0.6 is 0 Å². The predicted molar refractivity (Wildman–Crippen MR) is 76.0 cm³/mol. The van der Waals surface area contributed by atoms with Crippen LogP contribution in [0.2, 0.25) is 0 Å². The summed E-state index contributed by atoms with van der Waals surface area (Å²) in [6, 6.07) is 0.713. The molecule has 0 spiro atoms. The first-order valence-electron chi connectivity index (χ1n) is 8.06. The van der Waals surface area contributed by atoms with Crippen LogP contribution in [0.1, 0.15) is 38.5 Å². The number of piperidine rings is 1. The topological polar surface area (TPSA) is 35.6 Å². The third-order valence-electron chi connectivity index (χ3n) is 5.03. The lowest BCUT2D eigenvalue weighted by Gasteiger charge is -2.36. The molecular formula is C15H27N3O. The SMILES string of the molecule is O=C(CN1CCCC(C2CCCN2)C1)N1CCCC1.